The van der Waals surface area contributed by atoms with E-state index in [4.69, 9.17) is 4.74 Å². The van der Waals surface area contributed by atoms with Crippen molar-refractivity contribution in [3.63, 3.8) is 0 Å². The van der Waals surface area contributed by atoms with Gasteiger partial charge in [-0.05, 0) is 36.1 Å². The van der Waals surface area contributed by atoms with Crippen LogP contribution in [0.25, 0.3) is 11.1 Å². The largest absolute Gasteiger partial charge is 0.492 e. The van der Waals surface area contributed by atoms with Gasteiger partial charge in [0.15, 0.2) is 0 Å². The predicted molar refractivity (Wildman–Crippen MR) is 96.9 cm³/mol. The maximum absolute atomic E-state index is 13.8. The van der Waals surface area contributed by atoms with E-state index in [1.165, 1.54) is 18.2 Å². The molecule has 28 heavy (non-hydrogen) atoms. The lowest BCUT2D eigenvalue weighted by Crippen LogP contribution is -2.41. The fourth-order valence-corrected chi connectivity index (χ4v) is 4.00. The van der Waals surface area contributed by atoms with Gasteiger partial charge in [-0.25, -0.2) is 0 Å². The van der Waals surface area contributed by atoms with Gasteiger partial charge in [0.25, 0.3) is 0 Å². The van der Waals surface area contributed by atoms with E-state index < -0.39 is 11.8 Å². The first-order valence-corrected chi connectivity index (χ1v) is 9.26. The highest BCUT2D eigenvalue weighted by Crippen LogP contribution is 2.55. The van der Waals surface area contributed by atoms with Gasteiger partial charge in [-0.2, -0.15) is 13.2 Å². The quantitative estimate of drug-likeness (QED) is 0.861. The Morgan fingerprint density at radius 1 is 1.07 bits per heavy atom. The number of benzene rings is 2. The molecule has 1 unspecified atom stereocenters. The number of amides is 1. The van der Waals surface area contributed by atoms with E-state index in [1.54, 1.807) is 29.2 Å². The van der Waals surface area contributed by atoms with E-state index in [9.17, 15) is 23.1 Å². The van der Waals surface area contributed by atoms with Crippen molar-refractivity contribution >= 4 is 5.91 Å². The molecule has 4 nitrogen and oxygen atoms in total. The van der Waals surface area contributed by atoms with Gasteiger partial charge in [0.05, 0.1) is 6.54 Å². The van der Waals surface area contributed by atoms with Crippen molar-refractivity contribution < 1.29 is 27.8 Å². The number of rotatable bonds is 4. The van der Waals surface area contributed by atoms with Crippen LogP contribution in [0.15, 0.2) is 42.5 Å². The number of piperidine rings is 1. The molecule has 1 saturated heterocycles. The summed E-state index contributed by atoms with van der Waals surface area (Å²) < 4.78 is 47.1. The number of likely N-dealkylation sites (tertiary alicyclic amines) is 1. The van der Waals surface area contributed by atoms with Crippen LogP contribution in [0.4, 0.5) is 13.2 Å². The number of fused-ring (bicyclic) bond motifs is 3. The number of hydrogen-bond donors (Lipinski definition) is 1. The molecule has 1 N–H and O–H groups in total. The van der Waals surface area contributed by atoms with E-state index in [0.29, 0.717) is 30.6 Å². The third-order valence-electron chi connectivity index (χ3n) is 5.45. The third kappa shape index (κ3) is 2.94. The Morgan fingerprint density at radius 3 is 2.57 bits per heavy atom. The summed E-state index contributed by atoms with van der Waals surface area (Å²) in [7, 11) is 0. The number of carbonyl (C=O) groups is 1. The molecule has 2 aromatic rings. The Hall–Kier alpha value is -2.54. The average molecular weight is 391 g/mol. The molecule has 1 aliphatic carbocycles. The minimum atomic E-state index is -4.87. The number of ether oxygens (including phenoxy) is 1. The molecule has 0 saturated carbocycles. The number of nitrogens with zero attached hydrogens (tertiary/aromatic N) is 1. The van der Waals surface area contributed by atoms with Crippen molar-refractivity contribution in [1.82, 2.24) is 4.90 Å². The zero-order valence-corrected chi connectivity index (χ0v) is 15.1. The molecule has 4 rings (SSSR count). The lowest BCUT2D eigenvalue weighted by Gasteiger charge is -2.29. The first kappa shape index (κ1) is 18.8. The van der Waals surface area contributed by atoms with Crippen molar-refractivity contribution in [3.8, 4) is 16.9 Å². The number of aliphatic hydroxyl groups is 1. The number of halogens is 3. The van der Waals surface area contributed by atoms with Gasteiger partial charge in [-0.15, -0.1) is 0 Å². The molecule has 0 radical (unpaired) electrons. The smallest absolute Gasteiger partial charge is 0.425 e. The van der Waals surface area contributed by atoms with Gasteiger partial charge in [0, 0.05) is 24.1 Å². The van der Waals surface area contributed by atoms with Crippen LogP contribution < -0.4 is 4.74 Å². The standard InChI is InChI=1S/C21H20F3NO3/c22-21(23,24)20(27)17-6-2-1-5-15(17)16-9-8-14(13-18(16)20)28-12-11-25-10-4-3-7-19(25)26/h1-2,5-6,8-9,13,27H,3-4,7,10-12H2. The summed E-state index contributed by atoms with van der Waals surface area (Å²) in [6, 6.07) is 10.4. The highest BCUT2D eigenvalue weighted by Gasteiger charge is 2.60. The van der Waals surface area contributed by atoms with Crippen LogP contribution in [0.3, 0.4) is 0 Å². The summed E-state index contributed by atoms with van der Waals surface area (Å²) in [5.74, 6) is 0.310. The monoisotopic (exact) mass is 391 g/mol. The van der Waals surface area contributed by atoms with E-state index in [-0.39, 0.29) is 29.4 Å². The second-order valence-corrected chi connectivity index (χ2v) is 7.15. The molecule has 2 aromatic carbocycles. The van der Waals surface area contributed by atoms with Crippen molar-refractivity contribution in [2.24, 2.45) is 0 Å². The van der Waals surface area contributed by atoms with Gasteiger partial charge in [0.1, 0.15) is 12.4 Å². The number of alkyl halides is 3. The first-order valence-electron chi connectivity index (χ1n) is 9.26. The van der Waals surface area contributed by atoms with Crippen LogP contribution in [0.2, 0.25) is 0 Å². The van der Waals surface area contributed by atoms with Crippen LogP contribution in [-0.4, -0.2) is 41.8 Å². The SMILES string of the molecule is O=C1CCCCN1CCOc1ccc2c(c1)C(O)(C(F)(F)F)c1ccccc1-2. The number of hydrogen-bond acceptors (Lipinski definition) is 3. The Labute approximate surface area is 160 Å². The van der Waals surface area contributed by atoms with E-state index >= 15 is 0 Å². The Balaban J connectivity index is 1.59. The van der Waals surface area contributed by atoms with Crippen LogP contribution in [-0.2, 0) is 10.4 Å². The fraction of sp³-hybridized carbons (Fsp3) is 0.381. The second-order valence-electron chi connectivity index (χ2n) is 7.15. The van der Waals surface area contributed by atoms with E-state index in [2.05, 4.69) is 0 Å². The fourth-order valence-electron chi connectivity index (χ4n) is 4.00. The third-order valence-corrected chi connectivity index (χ3v) is 5.45. The highest BCUT2D eigenvalue weighted by atomic mass is 19.4. The van der Waals surface area contributed by atoms with E-state index in [1.807, 2.05) is 0 Å². The molecule has 7 heteroatoms. The normalized spacial score (nSPS) is 21.4. The Bertz CT molecular complexity index is 912. The molecule has 1 heterocycles. The van der Waals surface area contributed by atoms with Crippen molar-refractivity contribution in [2.75, 3.05) is 19.7 Å². The van der Waals surface area contributed by atoms with Crippen LogP contribution in [0, 0.1) is 0 Å². The summed E-state index contributed by atoms with van der Waals surface area (Å²) >= 11 is 0. The second kappa shape index (κ2) is 6.81. The van der Waals surface area contributed by atoms with Crippen LogP contribution in [0.1, 0.15) is 30.4 Å². The summed E-state index contributed by atoms with van der Waals surface area (Å²) in [6.07, 6.45) is -2.51. The minimum absolute atomic E-state index is 0.0747. The van der Waals surface area contributed by atoms with Crippen LogP contribution in [0.5, 0.6) is 5.75 Å². The summed E-state index contributed by atoms with van der Waals surface area (Å²) in [5, 5.41) is 10.7. The van der Waals surface area contributed by atoms with Crippen molar-refractivity contribution in [2.45, 2.75) is 31.0 Å². The summed E-state index contributed by atoms with van der Waals surface area (Å²) in [5.41, 5.74) is -2.76. The lowest BCUT2D eigenvalue weighted by atomic mass is 9.91. The molecule has 1 fully saturated rings. The van der Waals surface area contributed by atoms with Gasteiger partial charge in [0.2, 0.25) is 11.5 Å². The molecular formula is C21H20F3NO3. The molecule has 2 aliphatic rings. The minimum Gasteiger partial charge on any atom is -0.492 e. The highest BCUT2D eigenvalue weighted by molar-refractivity contribution is 5.81. The Kier molecular flexibility index (Phi) is 4.57. The lowest BCUT2D eigenvalue weighted by molar-refractivity contribution is -0.246. The topological polar surface area (TPSA) is 49.8 Å². The molecular weight excluding hydrogens is 371 g/mol. The molecule has 0 aromatic heterocycles. The average Bonchev–Trinajstić information content (AvgIpc) is 2.93. The van der Waals surface area contributed by atoms with Crippen molar-refractivity contribution in [3.05, 3.63) is 53.6 Å². The molecule has 0 spiro atoms. The summed E-state index contributed by atoms with van der Waals surface area (Å²) in [6.45, 7) is 1.25. The molecule has 1 amide bonds. The van der Waals surface area contributed by atoms with Crippen molar-refractivity contribution in [1.29, 1.82) is 0 Å². The zero-order valence-electron chi connectivity index (χ0n) is 15.1. The molecule has 148 valence electrons. The summed E-state index contributed by atoms with van der Waals surface area (Å²) in [4.78, 5) is 13.5. The van der Waals surface area contributed by atoms with E-state index in [0.717, 1.165) is 12.8 Å². The van der Waals surface area contributed by atoms with Gasteiger partial charge >= 0.3 is 6.18 Å². The van der Waals surface area contributed by atoms with Gasteiger partial charge in [-0.3, -0.25) is 4.79 Å². The predicted octanol–water partition coefficient (Wildman–Crippen LogP) is 3.86. The Morgan fingerprint density at radius 2 is 1.82 bits per heavy atom. The maximum Gasteiger partial charge on any atom is 0.425 e. The number of carbonyl (C=O) groups excluding carboxylic acids is 1. The zero-order chi connectivity index (χ0) is 19.9. The first-order chi connectivity index (χ1) is 13.3. The maximum atomic E-state index is 13.8. The molecule has 0 bridgehead atoms. The van der Waals surface area contributed by atoms with Gasteiger partial charge in [-0.1, -0.05) is 30.3 Å². The molecule has 1 atom stereocenters. The van der Waals surface area contributed by atoms with Crippen LogP contribution >= 0.6 is 0 Å². The van der Waals surface area contributed by atoms with Gasteiger partial charge < -0.3 is 14.7 Å². The molecule has 1 aliphatic heterocycles.